The molecule has 2 heterocycles. The Morgan fingerprint density at radius 1 is 1.26 bits per heavy atom. The Bertz CT molecular complexity index is 918. The maximum atomic E-state index is 13.1. The van der Waals surface area contributed by atoms with E-state index in [0.717, 1.165) is 41.8 Å². The molecule has 0 unspecified atom stereocenters. The van der Waals surface area contributed by atoms with Crippen molar-refractivity contribution in [2.45, 2.75) is 25.8 Å². The first-order chi connectivity index (χ1) is 13.3. The van der Waals surface area contributed by atoms with Crippen LogP contribution < -0.4 is 15.0 Å². The molecule has 1 amide bonds. The van der Waals surface area contributed by atoms with E-state index in [1.807, 2.05) is 54.9 Å². The number of carbonyl (C=O) groups excluding carboxylic acids is 1. The molecule has 6 heteroatoms. The van der Waals surface area contributed by atoms with Gasteiger partial charge in [-0.2, -0.15) is 0 Å². The average molecular weight is 382 g/mol. The number of hydrogen-bond donors (Lipinski definition) is 1. The van der Waals surface area contributed by atoms with Gasteiger partial charge in [-0.1, -0.05) is 30.3 Å². The molecule has 1 fully saturated rings. The Balaban J connectivity index is 1.51. The van der Waals surface area contributed by atoms with Crippen molar-refractivity contribution < 1.29 is 9.53 Å². The van der Waals surface area contributed by atoms with Gasteiger partial charge in [0.15, 0.2) is 5.13 Å². The number of amides is 1. The molecule has 140 valence electrons. The molecule has 27 heavy (non-hydrogen) atoms. The van der Waals surface area contributed by atoms with E-state index in [9.17, 15) is 4.79 Å². The molecule has 0 atom stereocenters. The fourth-order valence-electron chi connectivity index (χ4n) is 3.61. The maximum Gasteiger partial charge on any atom is 0.255 e. The lowest BCUT2D eigenvalue weighted by Crippen LogP contribution is -2.44. The first kappa shape index (κ1) is 17.8. The number of fused-ring (bicyclic) bond motifs is 1. The van der Waals surface area contributed by atoms with Gasteiger partial charge in [-0.05, 0) is 36.6 Å². The molecule has 1 saturated heterocycles. The number of nitrogens with zero attached hydrogens (tertiary/aromatic N) is 2. The smallest absolute Gasteiger partial charge is 0.255 e. The summed E-state index contributed by atoms with van der Waals surface area (Å²) in [6.45, 7) is 4.29. The molecular weight excluding hydrogens is 358 g/mol. The number of aromatic nitrogens is 1. The van der Waals surface area contributed by atoms with Crippen LogP contribution in [0.4, 0.5) is 5.13 Å². The molecule has 3 aromatic rings. The number of thiazole rings is 1. The Hall–Kier alpha value is -2.60. The molecule has 4 rings (SSSR count). The van der Waals surface area contributed by atoms with Crippen LogP contribution in [-0.2, 0) is 0 Å². The van der Waals surface area contributed by atoms with Gasteiger partial charge in [0.05, 0.1) is 12.2 Å². The number of carbonyl (C=O) groups is 1. The van der Waals surface area contributed by atoms with Crippen molar-refractivity contribution in [1.29, 1.82) is 0 Å². The third-order valence-electron chi connectivity index (χ3n) is 4.94. The van der Waals surface area contributed by atoms with Gasteiger partial charge < -0.3 is 15.0 Å². The second-order valence-corrected chi connectivity index (χ2v) is 7.52. The van der Waals surface area contributed by atoms with Gasteiger partial charge in [-0.3, -0.25) is 4.79 Å². The summed E-state index contributed by atoms with van der Waals surface area (Å²) < 4.78 is 5.75. The van der Waals surface area contributed by atoms with Crippen molar-refractivity contribution in [1.82, 2.24) is 10.3 Å². The number of anilines is 1. The standard InChI is InChI=1S/C21H23N3O2S/c1-2-26-18-8-7-15-5-3-4-6-17(15)19(18)20(25)23-16-9-12-24(13-10-16)21-22-11-14-27-21/h3-8,11,14,16H,2,9-10,12-13H2,1H3,(H,23,25). The van der Waals surface area contributed by atoms with E-state index in [-0.39, 0.29) is 11.9 Å². The zero-order valence-corrected chi connectivity index (χ0v) is 16.2. The minimum Gasteiger partial charge on any atom is -0.493 e. The highest BCUT2D eigenvalue weighted by Gasteiger charge is 2.24. The van der Waals surface area contributed by atoms with Crippen molar-refractivity contribution in [3.63, 3.8) is 0 Å². The quantitative estimate of drug-likeness (QED) is 0.723. The van der Waals surface area contributed by atoms with Crippen LogP contribution in [0.25, 0.3) is 10.8 Å². The average Bonchev–Trinajstić information content (AvgIpc) is 3.23. The predicted octanol–water partition coefficient (Wildman–Crippen LogP) is 4.09. The van der Waals surface area contributed by atoms with E-state index in [1.54, 1.807) is 11.3 Å². The highest BCUT2D eigenvalue weighted by Crippen LogP contribution is 2.29. The van der Waals surface area contributed by atoms with Crippen LogP contribution in [0.5, 0.6) is 5.75 Å². The van der Waals surface area contributed by atoms with Gasteiger partial charge in [0, 0.05) is 30.7 Å². The molecule has 1 aromatic heterocycles. The normalized spacial score (nSPS) is 15.1. The second kappa shape index (κ2) is 7.96. The van der Waals surface area contributed by atoms with Crippen molar-refractivity contribution in [3.05, 3.63) is 53.5 Å². The predicted molar refractivity (Wildman–Crippen MR) is 110 cm³/mol. The molecule has 0 saturated carbocycles. The summed E-state index contributed by atoms with van der Waals surface area (Å²) in [5.74, 6) is 0.594. The fourth-order valence-corrected chi connectivity index (χ4v) is 4.30. The van der Waals surface area contributed by atoms with E-state index in [0.29, 0.717) is 17.9 Å². The van der Waals surface area contributed by atoms with Gasteiger partial charge in [-0.15, -0.1) is 11.3 Å². The zero-order chi connectivity index (χ0) is 18.6. The van der Waals surface area contributed by atoms with Crippen LogP contribution in [0.1, 0.15) is 30.1 Å². The summed E-state index contributed by atoms with van der Waals surface area (Å²) in [6.07, 6.45) is 3.67. The Labute approximate surface area is 163 Å². The first-order valence-electron chi connectivity index (χ1n) is 9.36. The van der Waals surface area contributed by atoms with E-state index < -0.39 is 0 Å². The van der Waals surface area contributed by atoms with Crippen LogP contribution in [0.2, 0.25) is 0 Å². The molecule has 0 bridgehead atoms. The van der Waals surface area contributed by atoms with Crippen LogP contribution in [0.3, 0.4) is 0 Å². The summed E-state index contributed by atoms with van der Waals surface area (Å²) in [4.78, 5) is 19.8. The topological polar surface area (TPSA) is 54.5 Å². The number of ether oxygens (including phenoxy) is 1. The van der Waals surface area contributed by atoms with Crippen molar-refractivity contribution in [2.75, 3.05) is 24.6 Å². The molecule has 2 aromatic carbocycles. The minimum atomic E-state index is -0.0528. The third-order valence-corrected chi connectivity index (χ3v) is 5.77. The molecule has 1 N–H and O–H groups in total. The lowest BCUT2D eigenvalue weighted by Gasteiger charge is -2.32. The van der Waals surface area contributed by atoms with Crippen LogP contribution in [0.15, 0.2) is 48.0 Å². The van der Waals surface area contributed by atoms with E-state index in [4.69, 9.17) is 4.74 Å². The molecule has 1 aliphatic heterocycles. The monoisotopic (exact) mass is 381 g/mol. The number of rotatable bonds is 5. The van der Waals surface area contributed by atoms with Crippen LogP contribution in [-0.4, -0.2) is 36.6 Å². The molecule has 0 spiro atoms. The highest BCUT2D eigenvalue weighted by molar-refractivity contribution is 7.13. The van der Waals surface area contributed by atoms with E-state index >= 15 is 0 Å². The Morgan fingerprint density at radius 2 is 2.07 bits per heavy atom. The number of piperidine rings is 1. The summed E-state index contributed by atoms with van der Waals surface area (Å²) >= 11 is 1.66. The fraction of sp³-hybridized carbons (Fsp3) is 0.333. The van der Waals surface area contributed by atoms with E-state index in [2.05, 4.69) is 15.2 Å². The lowest BCUT2D eigenvalue weighted by atomic mass is 10.0. The molecule has 5 nitrogen and oxygen atoms in total. The van der Waals surface area contributed by atoms with Gasteiger partial charge in [0.1, 0.15) is 5.75 Å². The summed E-state index contributed by atoms with van der Waals surface area (Å²) in [5.41, 5.74) is 0.636. The van der Waals surface area contributed by atoms with Crippen molar-refractivity contribution in [2.24, 2.45) is 0 Å². The highest BCUT2D eigenvalue weighted by atomic mass is 32.1. The third kappa shape index (κ3) is 3.76. The summed E-state index contributed by atoms with van der Waals surface area (Å²) in [6, 6.07) is 12.0. The molecule has 0 radical (unpaired) electrons. The van der Waals surface area contributed by atoms with Crippen LogP contribution >= 0.6 is 11.3 Å². The van der Waals surface area contributed by atoms with E-state index in [1.165, 1.54) is 0 Å². The minimum absolute atomic E-state index is 0.0528. The van der Waals surface area contributed by atoms with Gasteiger partial charge >= 0.3 is 0 Å². The molecular formula is C21H23N3O2S. The maximum absolute atomic E-state index is 13.1. The number of benzene rings is 2. The van der Waals surface area contributed by atoms with Gasteiger partial charge in [0.25, 0.3) is 5.91 Å². The zero-order valence-electron chi connectivity index (χ0n) is 15.4. The summed E-state index contributed by atoms with van der Waals surface area (Å²) in [5, 5.41) is 8.27. The number of nitrogens with one attached hydrogen (secondary N) is 1. The van der Waals surface area contributed by atoms with Gasteiger partial charge in [0.2, 0.25) is 0 Å². The second-order valence-electron chi connectivity index (χ2n) is 6.64. The molecule has 1 aliphatic rings. The van der Waals surface area contributed by atoms with Crippen molar-refractivity contribution in [3.8, 4) is 5.75 Å². The summed E-state index contributed by atoms with van der Waals surface area (Å²) in [7, 11) is 0. The Kier molecular flexibility index (Phi) is 5.25. The van der Waals surface area contributed by atoms with Crippen LogP contribution in [0, 0.1) is 0 Å². The first-order valence-corrected chi connectivity index (χ1v) is 10.2. The lowest BCUT2D eigenvalue weighted by molar-refractivity contribution is 0.0929. The largest absolute Gasteiger partial charge is 0.493 e. The Morgan fingerprint density at radius 3 is 2.81 bits per heavy atom. The van der Waals surface area contributed by atoms with Gasteiger partial charge in [-0.25, -0.2) is 4.98 Å². The van der Waals surface area contributed by atoms with Crippen molar-refractivity contribution >= 4 is 33.1 Å². The number of hydrogen-bond acceptors (Lipinski definition) is 5. The molecule has 0 aliphatic carbocycles. The SMILES string of the molecule is CCOc1ccc2ccccc2c1C(=O)NC1CCN(c2nccs2)CC1.